The normalized spacial score (nSPS) is 22.9. The third kappa shape index (κ3) is 1.80. The Balaban J connectivity index is 2.00. The first-order valence-corrected chi connectivity index (χ1v) is 6.23. The van der Waals surface area contributed by atoms with Gasteiger partial charge in [0.15, 0.2) is 0 Å². The summed E-state index contributed by atoms with van der Waals surface area (Å²) < 4.78 is 0. The summed E-state index contributed by atoms with van der Waals surface area (Å²) in [5.74, 6) is 0.794. The second-order valence-electron chi connectivity index (χ2n) is 4.90. The van der Waals surface area contributed by atoms with Crippen molar-refractivity contribution in [2.24, 2.45) is 0 Å². The number of phenols is 1. The van der Waals surface area contributed by atoms with Crippen molar-refractivity contribution in [3.63, 3.8) is 0 Å². The van der Waals surface area contributed by atoms with Gasteiger partial charge in [-0.15, -0.1) is 0 Å². The number of anilines is 1. The van der Waals surface area contributed by atoms with Crippen molar-refractivity contribution in [2.75, 3.05) is 25.0 Å². The summed E-state index contributed by atoms with van der Waals surface area (Å²) in [6, 6.07) is 3.73. The predicted molar refractivity (Wildman–Crippen MR) is 69.6 cm³/mol. The molecule has 3 N–H and O–H groups in total. The van der Waals surface area contributed by atoms with Crippen LogP contribution in [0.5, 0.6) is 5.75 Å². The number of nitrogens with one attached hydrogen (secondary N) is 2. The van der Waals surface area contributed by atoms with Gasteiger partial charge in [-0.1, -0.05) is 11.6 Å². The fourth-order valence-corrected chi connectivity index (χ4v) is 2.89. The van der Waals surface area contributed by atoms with E-state index in [0.717, 1.165) is 31.6 Å². The maximum Gasteiger partial charge on any atom is 0.116 e. The van der Waals surface area contributed by atoms with E-state index < -0.39 is 0 Å². The summed E-state index contributed by atoms with van der Waals surface area (Å²) in [6.45, 7) is 5.05. The molecule has 0 spiro atoms. The van der Waals surface area contributed by atoms with Crippen LogP contribution in [0.2, 0.25) is 0 Å². The molecule has 1 aromatic carbocycles. The fourth-order valence-electron chi connectivity index (χ4n) is 2.89. The molecule has 2 aliphatic heterocycles. The van der Waals surface area contributed by atoms with Gasteiger partial charge in [-0.25, -0.2) is 0 Å². The monoisotopic (exact) mass is 230 g/mol. The van der Waals surface area contributed by atoms with Gasteiger partial charge in [-0.05, 0) is 43.1 Å². The summed E-state index contributed by atoms with van der Waals surface area (Å²) in [7, 11) is 0. The summed E-state index contributed by atoms with van der Waals surface area (Å²) in [4.78, 5) is 0. The van der Waals surface area contributed by atoms with Crippen LogP contribution in [0.3, 0.4) is 0 Å². The average Bonchev–Trinajstić information content (AvgIpc) is 2.74. The molecule has 2 aliphatic rings. The zero-order chi connectivity index (χ0) is 11.8. The zero-order valence-electron chi connectivity index (χ0n) is 10.1. The molecule has 0 aromatic heterocycles. The van der Waals surface area contributed by atoms with E-state index in [-0.39, 0.29) is 0 Å². The summed E-state index contributed by atoms with van der Waals surface area (Å²) in [6.07, 6.45) is 3.45. The van der Waals surface area contributed by atoms with E-state index in [4.69, 9.17) is 0 Å². The minimum Gasteiger partial charge on any atom is -0.508 e. The smallest absolute Gasteiger partial charge is 0.116 e. The van der Waals surface area contributed by atoms with Gasteiger partial charge in [-0.2, -0.15) is 0 Å². The minimum atomic E-state index is 0.374. The number of aromatic hydroxyl groups is 1. The molecule has 0 aliphatic carbocycles. The highest BCUT2D eigenvalue weighted by molar-refractivity contribution is 5.66. The van der Waals surface area contributed by atoms with E-state index in [1.165, 1.54) is 16.8 Å². The molecular weight excluding hydrogens is 212 g/mol. The van der Waals surface area contributed by atoms with E-state index in [9.17, 15) is 5.11 Å². The van der Waals surface area contributed by atoms with Crippen LogP contribution < -0.4 is 10.6 Å². The maximum atomic E-state index is 9.73. The van der Waals surface area contributed by atoms with Crippen molar-refractivity contribution < 1.29 is 5.11 Å². The number of hydrogen-bond donors (Lipinski definition) is 3. The number of hydrogen-bond acceptors (Lipinski definition) is 3. The predicted octanol–water partition coefficient (Wildman–Crippen LogP) is 2.13. The SMILES string of the molecule is Cc1cc(O)cc2c1NCC2C1=CCCNC1. The lowest BCUT2D eigenvalue weighted by Gasteiger charge is -2.20. The molecule has 0 radical (unpaired) electrons. The van der Waals surface area contributed by atoms with Gasteiger partial charge in [0.1, 0.15) is 5.75 Å². The van der Waals surface area contributed by atoms with Crippen LogP contribution in [-0.2, 0) is 0 Å². The Bertz CT molecular complexity index is 479. The van der Waals surface area contributed by atoms with Crippen molar-refractivity contribution in [1.82, 2.24) is 5.32 Å². The van der Waals surface area contributed by atoms with Crippen LogP contribution in [0.25, 0.3) is 0 Å². The molecule has 2 heterocycles. The Morgan fingerprint density at radius 3 is 3.00 bits per heavy atom. The lowest BCUT2D eigenvalue weighted by Crippen LogP contribution is -2.25. The van der Waals surface area contributed by atoms with Gasteiger partial charge in [0, 0.05) is 24.7 Å². The van der Waals surface area contributed by atoms with E-state index in [1.807, 2.05) is 19.1 Å². The summed E-state index contributed by atoms with van der Waals surface area (Å²) >= 11 is 0. The third-order valence-corrected chi connectivity index (χ3v) is 3.71. The first-order chi connectivity index (χ1) is 8.25. The average molecular weight is 230 g/mol. The van der Waals surface area contributed by atoms with Crippen LogP contribution >= 0.6 is 0 Å². The number of benzene rings is 1. The molecule has 0 amide bonds. The van der Waals surface area contributed by atoms with E-state index in [1.54, 1.807) is 0 Å². The van der Waals surface area contributed by atoms with Crippen molar-refractivity contribution in [3.8, 4) is 5.75 Å². The molecular formula is C14H18N2O. The number of rotatable bonds is 1. The van der Waals surface area contributed by atoms with E-state index in [0.29, 0.717) is 11.7 Å². The van der Waals surface area contributed by atoms with Gasteiger partial charge >= 0.3 is 0 Å². The van der Waals surface area contributed by atoms with Gasteiger partial charge < -0.3 is 15.7 Å². The zero-order valence-corrected chi connectivity index (χ0v) is 10.1. The number of aryl methyl sites for hydroxylation is 1. The van der Waals surface area contributed by atoms with Crippen LogP contribution in [0.4, 0.5) is 5.69 Å². The molecule has 90 valence electrons. The minimum absolute atomic E-state index is 0.374. The highest BCUT2D eigenvalue weighted by Gasteiger charge is 2.27. The second-order valence-corrected chi connectivity index (χ2v) is 4.90. The molecule has 1 unspecified atom stereocenters. The molecule has 1 aromatic rings. The molecule has 3 nitrogen and oxygen atoms in total. The van der Waals surface area contributed by atoms with Crippen molar-refractivity contribution in [2.45, 2.75) is 19.3 Å². The molecule has 1 atom stereocenters. The Kier molecular flexibility index (Phi) is 2.56. The lowest BCUT2D eigenvalue weighted by molar-refractivity contribution is 0.474. The fraction of sp³-hybridized carbons (Fsp3) is 0.429. The third-order valence-electron chi connectivity index (χ3n) is 3.71. The molecule has 0 saturated heterocycles. The Morgan fingerprint density at radius 2 is 2.24 bits per heavy atom. The van der Waals surface area contributed by atoms with Crippen LogP contribution in [-0.4, -0.2) is 24.7 Å². The van der Waals surface area contributed by atoms with Crippen LogP contribution in [0.1, 0.15) is 23.5 Å². The lowest BCUT2D eigenvalue weighted by atomic mass is 9.90. The summed E-state index contributed by atoms with van der Waals surface area (Å²) in [5.41, 5.74) is 5.04. The molecule has 3 heteroatoms. The van der Waals surface area contributed by atoms with Crippen molar-refractivity contribution in [1.29, 1.82) is 0 Å². The highest BCUT2D eigenvalue weighted by atomic mass is 16.3. The maximum absolute atomic E-state index is 9.73. The van der Waals surface area contributed by atoms with Gasteiger partial charge in [0.05, 0.1) is 0 Å². The van der Waals surface area contributed by atoms with E-state index in [2.05, 4.69) is 16.7 Å². The number of phenolic OH excluding ortho intramolecular Hbond substituents is 1. The molecule has 17 heavy (non-hydrogen) atoms. The molecule has 0 saturated carbocycles. The Morgan fingerprint density at radius 1 is 1.35 bits per heavy atom. The first kappa shape index (κ1) is 10.7. The Labute approximate surface area is 102 Å². The van der Waals surface area contributed by atoms with Crippen LogP contribution in [0, 0.1) is 6.92 Å². The first-order valence-electron chi connectivity index (χ1n) is 6.23. The van der Waals surface area contributed by atoms with E-state index >= 15 is 0 Å². The van der Waals surface area contributed by atoms with Crippen molar-refractivity contribution >= 4 is 5.69 Å². The highest BCUT2D eigenvalue weighted by Crippen LogP contribution is 2.40. The molecule has 0 fully saturated rings. The second kappa shape index (κ2) is 4.08. The summed E-state index contributed by atoms with van der Waals surface area (Å²) in [5, 5.41) is 16.6. The van der Waals surface area contributed by atoms with Gasteiger partial charge in [-0.3, -0.25) is 0 Å². The quantitative estimate of drug-likeness (QED) is 0.511. The van der Waals surface area contributed by atoms with Gasteiger partial charge in [0.25, 0.3) is 0 Å². The number of fused-ring (bicyclic) bond motifs is 1. The topological polar surface area (TPSA) is 44.3 Å². The van der Waals surface area contributed by atoms with Gasteiger partial charge in [0.2, 0.25) is 0 Å². The largest absolute Gasteiger partial charge is 0.508 e. The van der Waals surface area contributed by atoms with Crippen molar-refractivity contribution in [3.05, 3.63) is 34.9 Å². The molecule has 3 rings (SSSR count). The molecule has 0 bridgehead atoms. The Hall–Kier alpha value is -1.48. The van der Waals surface area contributed by atoms with Crippen LogP contribution in [0.15, 0.2) is 23.8 Å². The standard InChI is InChI=1S/C14H18N2O/c1-9-5-11(17)6-12-13(8-16-14(9)12)10-3-2-4-15-7-10/h3,5-6,13,15-17H,2,4,7-8H2,1H3.